The number of carbonyl (C=O) groups excluding carboxylic acids is 2. The Balaban J connectivity index is 1.70. The van der Waals surface area contributed by atoms with Gasteiger partial charge < -0.3 is 29.7 Å². The fraction of sp³-hybridized carbons (Fsp3) is 0.333. The molecule has 1 amide bonds. The zero-order chi connectivity index (χ0) is 29.0. The molecule has 210 valence electrons. The van der Waals surface area contributed by atoms with E-state index in [2.05, 4.69) is 31.5 Å². The fourth-order valence-electron chi connectivity index (χ4n) is 4.59. The van der Waals surface area contributed by atoms with E-state index in [1.165, 1.54) is 7.11 Å². The highest BCUT2D eigenvalue weighted by atomic mass is 16.5. The van der Waals surface area contributed by atoms with Crippen molar-refractivity contribution < 1.29 is 14.3 Å². The van der Waals surface area contributed by atoms with Gasteiger partial charge >= 0.3 is 5.97 Å². The highest BCUT2D eigenvalue weighted by Crippen LogP contribution is 2.34. The number of fused-ring (bicyclic) bond motifs is 1. The lowest BCUT2D eigenvalue weighted by molar-refractivity contribution is -0.115. The van der Waals surface area contributed by atoms with Gasteiger partial charge in [0.2, 0.25) is 11.9 Å². The summed E-state index contributed by atoms with van der Waals surface area (Å²) in [4.78, 5) is 38.2. The summed E-state index contributed by atoms with van der Waals surface area (Å²) in [5.41, 5.74) is 6.30. The second-order valence-electron chi connectivity index (χ2n) is 10.0. The minimum Gasteiger partial charge on any atom is -0.465 e. The summed E-state index contributed by atoms with van der Waals surface area (Å²) in [5, 5.41) is 7.28. The topological polar surface area (TPSA) is 105 Å². The van der Waals surface area contributed by atoms with E-state index < -0.39 is 0 Å². The number of para-hydroxylation sites is 1. The molecule has 0 aliphatic heterocycles. The summed E-state index contributed by atoms with van der Waals surface area (Å²) in [6.07, 6.45) is 4.03. The van der Waals surface area contributed by atoms with Crippen molar-refractivity contribution in [1.29, 1.82) is 0 Å². The Morgan fingerprint density at radius 1 is 1.07 bits per heavy atom. The third kappa shape index (κ3) is 6.07. The van der Waals surface area contributed by atoms with Gasteiger partial charge in [-0.1, -0.05) is 19.1 Å². The van der Waals surface area contributed by atoms with E-state index in [9.17, 15) is 9.59 Å². The van der Waals surface area contributed by atoms with E-state index in [-0.39, 0.29) is 11.9 Å². The van der Waals surface area contributed by atoms with Gasteiger partial charge in [-0.05, 0) is 50.8 Å². The SMILES string of the molecule is CCC(=O)Nc1cc(Nc2nccc(-c3cn(C)c4c(C(=O)OC)cccc34)n2)c(C)cc1N(C)CCN(C)C. The first-order chi connectivity index (χ1) is 19.1. The van der Waals surface area contributed by atoms with Crippen LogP contribution in [0.2, 0.25) is 0 Å². The molecule has 10 heteroatoms. The molecule has 0 unspecified atom stereocenters. The molecule has 0 saturated heterocycles. The average molecular weight is 544 g/mol. The molecule has 0 aliphatic rings. The molecular formula is C30H37N7O3. The van der Waals surface area contributed by atoms with Crippen LogP contribution in [0.25, 0.3) is 22.2 Å². The Hall–Kier alpha value is -4.44. The van der Waals surface area contributed by atoms with Crippen LogP contribution < -0.4 is 15.5 Å². The van der Waals surface area contributed by atoms with E-state index in [1.54, 1.807) is 12.3 Å². The number of nitrogens with one attached hydrogen (secondary N) is 2. The highest BCUT2D eigenvalue weighted by Gasteiger charge is 2.18. The molecule has 0 aliphatic carbocycles. The average Bonchev–Trinajstić information content (AvgIpc) is 3.29. The minimum absolute atomic E-state index is 0.0578. The molecule has 2 N–H and O–H groups in total. The van der Waals surface area contributed by atoms with E-state index in [1.807, 2.05) is 77.1 Å². The van der Waals surface area contributed by atoms with E-state index in [0.29, 0.717) is 23.6 Å². The predicted octanol–water partition coefficient (Wildman–Crippen LogP) is 4.82. The molecule has 0 radical (unpaired) electrons. The maximum absolute atomic E-state index is 12.4. The summed E-state index contributed by atoms with van der Waals surface area (Å²) in [5.74, 6) is -0.0264. The molecule has 0 fully saturated rings. The lowest BCUT2D eigenvalue weighted by Crippen LogP contribution is -2.29. The molecule has 10 nitrogen and oxygen atoms in total. The number of anilines is 4. The Bertz CT molecular complexity index is 1540. The molecule has 4 rings (SSSR count). The van der Waals surface area contributed by atoms with Gasteiger partial charge in [0.05, 0.1) is 35.3 Å². The number of carbonyl (C=O) groups is 2. The van der Waals surface area contributed by atoms with Crippen LogP contribution in [0.1, 0.15) is 29.3 Å². The lowest BCUT2D eigenvalue weighted by Gasteiger charge is -2.26. The van der Waals surface area contributed by atoms with Crippen LogP contribution in [-0.2, 0) is 16.6 Å². The number of nitrogens with zero attached hydrogens (tertiary/aromatic N) is 5. The monoisotopic (exact) mass is 543 g/mol. The molecule has 2 aromatic carbocycles. The number of amides is 1. The van der Waals surface area contributed by atoms with Crippen LogP contribution in [0, 0.1) is 6.92 Å². The Labute approximate surface area is 235 Å². The molecule has 2 aromatic heterocycles. The first-order valence-electron chi connectivity index (χ1n) is 13.2. The second kappa shape index (κ2) is 12.2. The van der Waals surface area contributed by atoms with Crippen molar-refractivity contribution in [2.45, 2.75) is 20.3 Å². The van der Waals surface area contributed by atoms with Crippen molar-refractivity contribution in [3.05, 3.63) is 59.9 Å². The maximum Gasteiger partial charge on any atom is 0.340 e. The fourth-order valence-corrected chi connectivity index (χ4v) is 4.59. The van der Waals surface area contributed by atoms with Gasteiger partial charge in [0.1, 0.15) is 0 Å². The summed E-state index contributed by atoms with van der Waals surface area (Å²) >= 11 is 0. The molecule has 2 heterocycles. The van der Waals surface area contributed by atoms with Gasteiger partial charge in [0.25, 0.3) is 0 Å². The first-order valence-corrected chi connectivity index (χ1v) is 13.2. The molecular weight excluding hydrogens is 506 g/mol. The molecule has 0 saturated carbocycles. The number of esters is 1. The Morgan fingerprint density at radius 2 is 1.85 bits per heavy atom. The summed E-state index contributed by atoms with van der Waals surface area (Å²) in [6.45, 7) is 5.54. The number of hydrogen-bond acceptors (Lipinski definition) is 8. The number of aryl methyl sites for hydroxylation is 2. The molecule has 0 spiro atoms. The molecule has 0 bridgehead atoms. The highest BCUT2D eigenvalue weighted by molar-refractivity contribution is 6.07. The Morgan fingerprint density at radius 3 is 2.55 bits per heavy atom. The van der Waals surface area contributed by atoms with Crippen molar-refractivity contribution in [2.24, 2.45) is 7.05 Å². The molecule has 0 atom stereocenters. The number of likely N-dealkylation sites (N-methyl/N-ethyl adjacent to an activating group) is 2. The quantitative estimate of drug-likeness (QED) is 0.274. The molecule has 4 aromatic rings. The number of hydrogen-bond donors (Lipinski definition) is 2. The minimum atomic E-state index is -0.388. The van der Waals surface area contributed by atoms with Crippen molar-refractivity contribution in [3.8, 4) is 11.3 Å². The van der Waals surface area contributed by atoms with E-state index in [0.717, 1.165) is 52.2 Å². The van der Waals surface area contributed by atoms with Crippen LogP contribution in [-0.4, -0.2) is 72.7 Å². The zero-order valence-electron chi connectivity index (χ0n) is 24.2. The van der Waals surface area contributed by atoms with Gasteiger partial charge in [0, 0.05) is 62.6 Å². The number of rotatable bonds is 10. The predicted molar refractivity (Wildman–Crippen MR) is 160 cm³/mol. The second-order valence-corrected chi connectivity index (χ2v) is 10.0. The van der Waals surface area contributed by atoms with E-state index >= 15 is 0 Å². The number of benzene rings is 2. The summed E-state index contributed by atoms with van der Waals surface area (Å²) in [7, 11) is 9.37. The van der Waals surface area contributed by atoms with Crippen LogP contribution >= 0.6 is 0 Å². The smallest absolute Gasteiger partial charge is 0.340 e. The lowest BCUT2D eigenvalue weighted by atomic mass is 10.1. The largest absolute Gasteiger partial charge is 0.465 e. The first kappa shape index (κ1) is 28.6. The summed E-state index contributed by atoms with van der Waals surface area (Å²) in [6, 6.07) is 11.4. The third-order valence-corrected chi connectivity index (χ3v) is 6.82. The van der Waals surface area contributed by atoms with Crippen molar-refractivity contribution >= 4 is 45.8 Å². The van der Waals surface area contributed by atoms with Crippen molar-refractivity contribution in [3.63, 3.8) is 0 Å². The van der Waals surface area contributed by atoms with Crippen LogP contribution in [0.15, 0.2) is 48.8 Å². The van der Waals surface area contributed by atoms with Gasteiger partial charge in [-0.15, -0.1) is 0 Å². The van der Waals surface area contributed by atoms with Crippen molar-refractivity contribution in [1.82, 2.24) is 19.4 Å². The zero-order valence-corrected chi connectivity index (χ0v) is 24.2. The normalized spacial score (nSPS) is 11.1. The van der Waals surface area contributed by atoms with Gasteiger partial charge in [-0.3, -0.25) is 4.79 Å². The van der Waals surface area contributed by atoms with Gasteiger partial charge in [-0.2, -0.15) is 0 Å². The maximum atomic E-state index is 12.4. The number of methoxy groups -OCH3 is 1. The molecule has 40 heavy (non-hydrogen) atoms. The third-order valence-electron chi connectivity index (χ3n) is 6.82. The van der Waals surface area contributed by atoms with E-state index in [4.69, 9.17) is 9.72 Å². The van der Waals surface area contributed by atoms with Gasteiger partial charge in [0.15, 0.2) is 0 Å². The number of aromatic nitrogens is 3. The Kier molecular flexibility index (Phi) is 8.69. The van der Waals surface area contributed by atoms with Crippen LogP contribution in [0.3, 0.4) is 0 Å². The van der Waals surface area contributed by atoms with Crippen LogP contribution in [0.4, 0.5) is 23.0 Å². The van der Waals surface area contributed by atoms with Crippen molar-refractivity contribution in [2.75, 3.05) is 56.9 Å². The number of ether oxygens (including phenoxy) is 1. The standard InChI is InChI=1S/C30H37N7O3/c1-8-27(38)32-25-17-24(19(2)16-26(25)36(5)15-14-35(3)4)34-30-31-13-12-23(33-30)22-18-37(6)28-20(22)10-9-11-21(28)29(39)40-7/h9-13,16-18H,8,14-15H2,1-7H3,(H,32,38)(H,31,33,34). The summed E-state index contributed by atoms with van der Waals surface area (Å²) < 4.78 is 6.89. The van der Waals surface area contributed by atoms with Gasteiger partial charge in [-0.25, -0.2) is 14.8 Å². The van der Waals surface area contributed by atoms with Crippen LogP contribution in [0.5, 0.6) is 0 Å².